The summed E-state index contributed by atoms with van der Waals surface area (Å²) in [5.74, 6) is 1.11. The highest BCUT2D eigenvalue weighted by Crippen LogP contribution is 2.35. The molecule has 32 heavy (non-hydrogen) atoms. The number of unbranched alkanes of at least 4 members (excludes halogenated alkanes) is 1. The van der Waals surface area contributed by atoms with E-state index in [0.29, 0.717) is 33.9 Å². The van der Waals surface area contributed by atoms with Crippen molar-refractivity contribution in [3.8, 4) is 11.5 Å². The summed E-state index contributed by atoms with van der Waals surface area (Å²) >= 11 is 0. The van der Waals surface area contributed by atoms with Crippen molar-refractivity contribution in [3.05, 3.63) is 69.6 Å². The van der Waals surface area contributed by atoms with Gasteiger partial charge in [0.05, 0.1) is 19.6 Å². The third kappa shape index (κ3) is 4.57. The van der Waals surface area contributed by atoms with Gasteiger partial charge >= 0.3 is 5.63 Å². The van der Waals surface area contributed by atoms with Crippen LogP contribution in [0.4, 0.5) is 0 Å². The van der Waals surface area contributed by atoms with Gasteiger partial charge in [0.15, 0.2) is 5.78 Å². The van der Waals surface area contributed by atoms with Crippen LogP contribution in [0.5, 0.6) is 11.5 Å². The van der Waals surface area contributed by atoms with Crippen molar-refractivity contribution in [2.24, 2.45) is 5.92 Å². The fraction of sp³-hybridized carbons (Fsp3) is 0.407. The first-order chi connectivity index (χ1) is 15.2. The Bertz CT molecular complexity index is 1160. The molecule has 5 heteroatoms. The molecular formula is C27H32O5. The summed E-state index contributed by atoms with van der Waals surface area (Å²) in [7, 11) is 3.04. The zero-order valence-corrected chi connectivity index (χ0v) is 19.8. The lowest BCUT2D eigenvalue weighted by Crippen LogP contribution is -2.26. The van der Waals surface area contributed by atoms with Gasteiger partial charge < -0.3 is 13.9 Å². The minimum absolute atomic E-state index is 0.00878. The first-order valence-electron chi connectivity index (χ1n) is 11.1. The van der Waals surface area contributed by atoms with E-state index in [4.69, 9.17) is 13.9 Å². The van der Waals surface area contributed by atoms with Crippen LogP contribution in [-0.2, 0) is 5.41 Å². The molecule has 3 aromatic rings. The topological polar surface area (TPSA) is 65.7 Å². The van der Waals surface area contributed by atoms with Crippen LogP contribution in [0.25, 0.3) is 11.0 Å². The van der Waals surface area contributed by atoms with E-state index in [0.717, 1.165) is 6.42 Å². The molecule has 0 fully saturated rings. The minimum atomic E-state index is -0.685. The number of fused-ring (bicyclic) bond motifs is 1. The van der Waals surface area contributed by atoms with Gasteiger partial charge in [-0.2, -0.15) is 0 Å². The number of benzene rings is 2. The summed E-state index contributed by atoms with van der Waals surface area (Å²) in [4.78, 5) is 25.7. The number of ether oxygens (including phenoxy) is 2. The zero-order chi connectivity index (χ0) is 23.5. The van der Waals surface area contributed by atoms with Crippen molar-refractivity contribution in [1.82, 2.24) is 0 Å². The molecule has 0 amide bonds. The normalized spacial score (nSPS) is 12.6. The van der Waals surface area contributed by atoms with Gasteiger partial charge in [-0.1, -0.05) is 64.8 Å². The van der Waals surface area contributed by atoms with Crippen LogP contribution < -0.4 is 15.1 Å². The number of hydrogen-bond acceptors (Lipinski definition) is 5. The first kappa shape index (κ1) is 23.6. The standard InChI is InChI=1S/C27H32O5/c1-7-8-9-17(2)27(3,4)19-12-10-18(11-13-19)25(28)22-16-21-23(31-6)14-20(30-5)15-24(21)32-26(22)29/h10-17H,7-9H2,1-6H3. The van der Waals surface area contributed by atoms with Crippen molar-refractivity contribution in [2.45, 2.75) is 52.4 Å². The van der Waals surface area contributed by atoms with Gasteiger partial charge in [0, 0.05) is 17.7 Å². The molecule has 0 spiro atoms. The van der Waals surface area contributed by atoms with Crippen LogP contribution in [0.2, 0.25) is 0 Å². The van der Waals surface area contributed by atoms with E-state index in [2.05, 4.69) is 27.7 Å². The molecule has 0 aliphatic rings. The molecule has 2 aromatic carbocycles. The maximum absolute atomic E-state index is 13.1. The second-order valence-electron chi connectivity index (χ2n) is 8.86. The summed E-state index contributed by atoms with van der Waals surface area (Å²) in [6.45, 7) is 8.96. The number of carbonyl (C=O) groups is 1. The van der Waals surface area contributed by atoms with Crippen LogP contribution in [0.1, 0.15) is 68.4 Å². The molecule has 3 rings (SSSR count). The maximum Gasteiger partial charge on any atom is 0.347 e. The number of rotatable bonds is 9. The molecule has 0 saturated heterocycles. The van der Waals surface area contributed by atoms with Crippen molar-refractivity contribution < 1.29 is 18.7 Å². The minimum Gasteiger partial charge on any atom is -0.496 e. The molecule has 1 aromatic heterocycles. The summed E-state index contributed by atoms with van der Waals surface area (Å²) in [5.41, 5.74) is 1.22. The maximum atomic E-state index is 13.1. The Balaban J connectivity index is 1.95. The molecule has 1 heterocycles. The monoisotopic (exact) mass is 436 g/mol. The molecule has 0 aliphatic carbocycles. The van der Waals surface area contributed by atoms with E-state index in [1.807, 2.05) is 12.1 Å². The Labute approximate surface area is 189 Å². The average molecular weight is 437 g/mol. The fourth-order valence-electron chi connectivity index (χ4n) is 3.97. The van der Waals surface area contributed by atoms with Gasteiger partial charge in [0.2, 0.25) is 0 Å². The van der Waals surface area contributed by atoms with Gasteiger partial charge in [0.25, 0.3) is 0 Å². The van der Waals surface area contributed by atoms with E-state index < -0.39 is 5.63 Å². The number of hydrogen-bond donors (Lipinski definition) is 0. The smallest absolute Gasteiger partial charge is 0.347 e. The van der Waals surface area contributed by atoms with Crippen LogP contribution in [-0.4, -0.2) is 20.0 Å². The van der Waals surface area contributed by atoms with Gasteiger partial charge in [-0.05, 0) is 29.4 Å². The van der Waals surface area contributed by atoms with E-state index in [1.54, 1.807) is 24.3 Å². The molecule has 1 atom stereocenters. The van der Waals surface area contributed by atoms with E-state index in [-0.39, 0.29) is 16.8 Å². The van der Waals surface area contributed by atoms with E-state index in [9.17, 15) is 9.59 Å². The predicted molar refractivity (Wildman–Crippen MR) is 127 cm³/mol. The highest BCUT2D eigenvalue weighted by atomic mass is 16.5. The van der Waals surface area contributed by atoms with E-state index >= 15 is 0 Å². The third-order valence-electron chi connectivity index (χ3n) is 6.60. The Morgan fingerprint density at radius 1 is 1.06 bits per heavy atom. The van der Waals surface area contributed by atoms with Crippen molar-refractivity contribution in [3.63, 3.8) is 0 Å². The molecule has 0 N–H and O–H groups in total. The summed E-state index contributed by atoms with van der Waals surface area (Å²) in [6, 6.07) is 12.4. The quantitative estimate of drug-likeness (QED) is 0.297. The molecule has 1 unspecified atom stereocenters. The van der Waals surface area contributed by atoms with Gasteiger partial charge in [0.1, 0.15) is 22.6 Å². The van der Waals surface area contributed by atoms with Crippen LogP contribution in [0.3, 0.4) is 0 Å². The summed E-state index contributed by atoms with van der Waals surface area (Å²) < 4.78 is 16.1. The first-order valence-corrected chi connectivity index (χ1v) is 11.1. The molecule has 170 valence electrons. The van der Waals surface area contributed by atoms with Crippen LogP contribution >= 0.6 is 0 Å². The molecule has 5 nitrogen and oxygen atoms in total. The van der Waals surface area contributed by atoms with Gasteiger partial charge in [-0.3, -0.25) is 4.79 Å². The summed E-state index contributed by atoms with van der Waals surface area (Å²) in [5, 5.41) is 0.541. The number of carbonyl (C=O) groups excluding carboxylic acids is 1. The molecular weight excluding hydrogens is 404 g/mol. The summed E-state index contributed by atoms with van der Waals surface area (Å²) in [6.07, 6.45) is 3.54. The second kappa shape index (κ2) is 9.60. The van der Waals surface area contributed by atoms with Crippen LogP contribution in [0.15, 0.2) is 51.7 Å². The lowest BCUT2D eigenvalue weighted by atomic mass is 9.72. The largest absolute Gasteiger partial charge is 0.496 e. The Kier molecular flexibility index (Phi) is 7.07. The fourth-order valence-corrected chi connectivity index (χ4v) is 3.97. The van der Waals surface area contributed by atoms with Crippen molar-refractivity contribution in [1.29, 1.82) is 0 Å². The second-order valence-corrected chi connectivity index (χ2v) is 8.86. The molecule has 0 radical (unpaired) electrons. The Morgan fingerprint density at radius 2 is 1.75 bits per heavy atom. The third-order valence-corrected chi connectivity index (χ3v) is 6.60. The lowest BCUT2D eigenvalue weighted by Gasteiger charge is -2.32. The Hall–Kier alpha value is -3.08. The zero-order valence-electron chi connectivity index (χ0n) is 19.8. The van der Waals surface area contributed by atoms with Gasteiger partial charge in [-0.25, -0.2) is 4.79 Å². The highest BCUT2D eigenvalue weighted by molar-refractivity contribution is 6.10. The lowest BCUT2D eigenvalue weighted by molar-refractivity contribution is 0.103. The van der Waals surface area contributed by atoms with Crippen molar-refractivity contribution >= 4 is 16.8 Å². The SMILES string of the molecule is CCCCC(C)C(C)(C)c1ccc(C(=O)c2cc3c(OC)cc(OC)cc3oc2=O)cc1. The van der Waals surface area contributed by atoms with Crippen LogP contribution in [0, 0.1) is 5.92 Å². The number of ketones is 1. The number of methoxy groups -OCH3 is 2. The average Bonchev–Trinajstić information content (AvgIpc) is 2.80. The van der Waals surface area contributed by atoms with E-state index in [1.165, 1.54) is 38.7 Å². The molecule has 0 saturated carbocycles. The molecule has 0 aliphatic heterocycles. The molecule has 0 bridgehead atoms. The Morgan fingerprint density at radius 3 is 2.34 bits per heavy atom. The predicted octanol–water partition coefficient (Wildman–Crippen LogP) is 6.15. The highest BCUT2D eigenvalue weighted by Gasteiger charge is 2.28. The van der Waals surface area contributed by atoms with Gasteiger partial charge in [-0.15, -0.1) is 0 Å². The van der Waals surface area contributed by atoms with Crippen molar-refractivity contribution in [2.75, 3.05) is 14.2 Å².